The Morgan fingerprint density at radius 2 is 2.03 bits per heavy atom. The van der Waals surface area contributed by atoms with Crippen molar-refractivity contribution < 1.29 is 13.9 Å². The summed E-state index contributed by atoms with van der Waals surface area (Å²) in [6.45, 7) is 4.94. The number of aromatic nitrogens is 1. The molecule has 30 heavy (non-hydrogen) atoms. The number of ether oxygens (including phenoxy) is 1. The Kier molecular flexibility index (Phi) is 6.81. The van der Waals surface area contributed by atoms with Crippen LogP contribution in [0, 0.1) is 6.92 Å². The SMILES string of the molecule is Cc1ccc(OCc2nc(C(=O)NCC(c3ccco3)N3CCCCC3)cs2)cc1. The van der Waals surface area contributed by atoms with E-state index in [9.17, 15) is 4.79 Å². The largest absolute Gasteiger partial charge is 0.486 e. The zero-order valence-electron chi connectivity index (χ0n) is 17.2. The van der Waals surface area contributed by atoms with Crippen LogP contribution in [-0.4, -0.2) is 35.4 Å². The summed E-state index contributed by atoms with van der Waals surface area (Å²) in [4.78, 5) is 19.5. The second kappa shape index (κ2) is 9.91. The van der Waals surface area contributed by atoms with Crippen LogP contribution in [-0.2, 0) is 6.61 Å². The van der Waals surface area contributed by atoms with Crippen LogP contribution >= 0.6 is 11.3 Å². The number of nitrogens with zero attached hydrogens (tertiary/aromatic N) is 2. The summed E-state index contributed by atoms with van der Waals surface area (Å²) >= 11 is 1.43. The average Bonchev–Trinajstić information content (AvgIpc) is 3.47. The maximum absolute atomic E-state index is 12.7. The summed E-state index contributed by atoms with van der Waals surface area (Å²) in [5.74, 6) is 1.52. The summed E-state index contributed by atoms with van der Waals surface area (Å²) in [6, 6.07) is 11.8. The van der Waals surface area contributed by atoms with E-state index in [1.54, 1.807) is 11.6 Å². The summed E-state index contributed by atoms with van der Waals surface area (Å²) in [6.07, 6.45) is 5.32. The van der Waals surface area contributed by atoms with Gasteiger partial charge in [0.25, 0.3) is 5.91 Å². The molecule has 6 nitrogen and oxygen atoms in total. The first-order valence-electron chi connectivity index (χ1n) is 10.4. The van der Waals surface area contributed by atoms with Crippen molar-refractivity contribution in [3.63, 3.8) is 0 Å². The van der Waals surface area contributed by atoms with Gasteiger partial charge in [-0.2, -0.15) is 0 Å². The minimum Gasteiger partial charge on any atom is -0.486 e. The Bertz CT molecular complexity index is 931. The molecular weight excluding hydrogens is 398 g/mol. The van der Waals surface area contributed by atoms with Crippen LogP contribution in [0.25, 0.3) is 0 Å². The highest BCUT2D eigenvalue weighted by molar-refractivity contribution is 7.09. The molecule has 0 saturated carbocycles. The van der Waals surface area contributed by atoms with Crippen LogP contribution < -0.4 is 10.1 Å². The number of piperidine rings is 1. The summed E-state index contributed by atoms with van der Waals surface area (Å²) in [5.41, 5.74) is 1.62. The van der Waals surface area contributed by atoms with Crippen molar-refractivity contribution in [1.82, 2.24) is 15.2 Å². The number of carbonyl (C=O) groups is 1. The molecule has 2 aromatic heterocycles. The fourth-order valence-electron chi connectivity index (χ4n) is 3.66. The number of thiazole rings is 1. The predicted molar refractivity (Wildman–Crippen MR) is 117 cm³/mol. The monoisotopic (exact) mass is 425 g/mol. The minimum atomic E-state index is -0.165. The van der Waals surface area contributed by atoms with Gasteiger partial charge in [-0.05, 0) is 57.1 Å². The van der Waals surface area contributed by atoms with Gasteiger partial charge >= 0.3 is 0 Å². The molecule has 1 amide bonds. The molecule has 0 spiro atoms. The number of carbonyl (C=O) groups excluding carboxylic acids is 1. The number of nitrogens with one attached hydrogen (secondary N) is 1. The molecule has 3 aromatic rings. The molecule has 0 bridgehead atoms. The molecule has 1 aliphatic heterocycles. The number of hydrogen-bond donors (Lipinski definition) is 1. The molecule has 7 heteroatoms. The summed E-state index contributed by atoms with van der Waals surface area (Å²) in [5, 5.41) is 5.60. The second-order valence-corrected chi connectivity index (χ2v) is 8.51. The van der Waals surface area contributed by atoms with Crippen LogP contribution in [0.2, 0.25) is 0 Å². The number of amides is 1. The fraction of sp³-hybridized carbons (Fsp3) is 0.391. The van der Waals surface area contributed by atoms with Crippen molar-refractivity contribution in [3.8, 4) is 5.75 Å². The number of likely N-dealkylation sites (tertiary alicyclic amines) is 1. The normalized spacial score (nSPS) is 15.6. The molecule has 1 N–H and O–H groups in total. The third-order valence-corrected chi connectivity index (χ3v) is 6.15. The lowest BCUT2D eigenvalue weighted by atomic mass is 10.1. The van der Waals surface area contributed by atoms with Gasteiger partial charge in [-0.3, -0.25) is 9.69 Å². The molecule has 4 rings (SSSR count). The molecule has 0 radical (unpaired) electrons. The van der Waals surface area contributed by atoms with Crippen LogP contribution in [0.3, 0.4) is 0 Å². The van der Waals surface area contributed by atoms with Crippen LogP contribution in [0.4, 0.5) is 0 Å². The maximum Gasteiger partial charge on any atom is 0.270 e. The zero-order valence-corrected chi connectivity index (χ0v) is 18.0. The molecular formula is C23H27N3O3S. The van der Waals surface area contributed by atoms with Gasteiger partial charge in [0.1, 0.15) is 28.8 Å². The smallest absolute Gasteiger partial charge is 0.270 e. The molecule has 1 atom stereocenters. The number of benzene rings is 1. The number of rotatable bonds is 8. The third-order valence-electron chi connectivity index (χ3n) is 5.33. The molecule has 0 aliphatic carbocycles. The molecule has 1 fully saturated rings. The Balaban J connectivity index is 1.33. The lowest BCUT2D eigenvalue weighted by Crippen LogP contribution is -2.40. The molecule has 158 valence electrons. The first-order chi connectivity index (χ1) is 14.7. The highest BCUT2D eigenvalue weighted by Crippen LogP contribution is 2.24. The van der Waals surface area contributed by atoms with E-state index in [0.717, 1.165) is 29.6 Å². The van der Waals surface area contributed by atoms with Gasteiger partial charge in [0.15, 0.2) is 0 Å². The number of hydrogen-bond acceptors (Lipinski definition) is 6. The van der Waals surface area contributed by atoms with Crippen LogP contribution in [0.15, 0.2) is 52.5 Å². The van der Waals surface area contributed by atoms with Crippen molar-refractivity contribution in [2.75, 3.05) is 19.6 Å². The van der Waals surface area contributed by atoms with Crippen LogP contribution in [0.5, 0.6) is 5.75 Å². The number of aryl methyl sites for hydroxylation is 1. The fourth-order valence-corrected chi connectivity index (χ4v) is 4.35. The van der Waals surface area contributed by atoms with E-state index in [-0.39, 0.29) is 11.9 Å². The van der Waals surface area contributed by atoms with Crippen molar-refractivity contribution in [2.45, 2.75) is 38.8 Å². The van der Waals surface area contributed by atoms with E-state index >= 15 is 0 Å². The number of furan rings is 1. The van der Waals surface area contributed by atoms with Gasteiger partial charge < -0.3 is 14.5 Å². The lowest BCUT2D eigenvalue weighted by molar-refractivity contribution is 0.0909. The second-order valence-electron chi connectivity index (χ2n) is 7.57. The Morgan fingerprint density at radius 1 is 1.23 bits per heavy atom. The summed E-state index contributed by atoms with van der Waals surface area (Å²) in [7, 11) is 0. The van der Waals surface area contributed by atoms with Crippen molar-refractivity contribution in [3.05, 3.63) is 70.1 Å². The van der Waals surface area contributed by atoms with Gasteiger partial charge in [-0.1, -0.05) is 24.1 Å². The minimum absolute atomic E-state index is 0.0484. The third kappa shape index (κ3) is 5.29. The Hall–Kier alpha value is -2.64. The van der Waals surface area contributed by atoms with Gasteiger partial charge in [0, 0.05) is 11.9 Å². The average molecular weight is 426 g/mol. The van der Waals surface area contributed by atoms with Gasteiger partial charge in [-0.25, -0.2) is 4.98 Å². The van der Waals surface area contributed by atoms with Crippen molar-refractivity contribution in [1.29, 1.82) is 0 Å². The highest BCUT2D eigenvalue weighted by Gasteiger charge is 2.25. The Labute approximate surface area is 180 Å². The Morgan fingerprint density at radius 3 is 2.77 bits per heavy atom. The quantitative estimate of drug-likeness (QED) is 0.572. The van der Waals surface area contributed by atoms with E-state index in [4.69, 9.17) is 9.15 Å². The van der Waals surface area contributed by atoms with Crippen LogP contribution in [0.1, 0.15) is 52.1 Å². The van der Waals surface area contributed by atoms with Crippen molar-refractivity contribution in [2.24, 2.45) is 0 Å². The first-order valence-corrected chi connectivity index (χ1v) is 11.3. The topological polar surface area (TPSA) is 67.6 Å². The van der Waals surface area contributed by atoms with E-state index < -0.39 is 0 Å². The van der Waals surface area contributed by atoms with Crippen molar-refractivity contribution >= 4 is 17.2 Å². The van der Waals surface area contributed by atoms with Gasteiger partial charge in [0.2, 0.25) is 0 Å². The van der Waals surface area contributed by atoms with E-state index in [1.165, 1.54) is 36.2 Å². The first kappa shape index (κ1) is 20.6. The zero-order chi connectivity index (χ0) is 20.8. The maximum atomic E-state index is 12.7. The lowest BCUT2D eigenvalue weighted by Gasteiger charge is -2.33. The summed E-state index contributed by atoms with van der Waals surface area (Å²) < 4.78 is 11.4. The molecule has 1 aromatic carbocycles. The standard InChI is InChI=1S/C23H27N3O3S/c1-17-7-9-18(10-8-17)29-15-22-25-19(16-30-22)23(27)24-14-20(21-6-5-13-28-21)26-11-3-2-4-12-26/h5-10,13,16,20H,2-4,11-12,14-15H2,1H3,(H,24,27). The molecule has 1 unspecified atom stereocenters. The molecule has 3 heterocycles. The van der Waals surface area contributed by atoms with Gasteiger partial charge in [-0.15, -0.1) is 11.3 Å². The van der Waals surface area contributed by atoms with Gasteiger partial charge in [0.05, 0.1) is 12.3 Å². The molecule has 1 saturated heterocycles. The molecule has 1 aliphatic rings. The predicted octanol–water partition coefficient (Wildman–Crippen LogP) is 4.58. The van der Waals surface area contributed by atoms with E-state index in [2.05, 4.69) is 15.2 Å². The van der Waals surface area contributed by atoms with E-state index in [0.29, 0.717) is 18.8 Å². The van der Waals surface area contributed by atoms with E-state index in [1.807, 2.05) is 43.3 Å². The highest BCUT2D eigenvalue weighted by atomic mass is 32.1.